The van der Waals surface area contributed by atoms with Gasteiger partial charge in [0.05, 0.1) is 11.1 Å². The summed E-state index contributed by atoms with van der Waals surface area (Å²) in [6.07, 6.45) is 11.2. The zero-order valence-corrected chi connectivity index (χ0v) is 13.2. The van der Waals surface area contributed by atoms with Gasteiger partial charge in [0.1, 0.15) is 0 Å². The Kier molecular flexibility index (Phi) is 6.09. The van der Waals surface area contributed by atoms with Crippen molar-refractivity contribution in [2.75, 3.05) is 11.9 Å². The zero-order valence-electron chi connectivity index (χ0n) is 12.4. The molecule has 0 spiro atoms. The normalized spacial score (nSPS) is 17.8. The maximum atomic E-state index is 2.46. The standard InChI is InChI=1S/C17H27NS/c1-3-4-5-6-7-8-9-14-17-18(2)15-12-10-11-13-16(15)19-17/h10-13,17H,3-9,14H2,1-2H3. The van der Waals surface area contributed by atoms with E-state index >= 15 is 0 Å². The lowest BCUT2D eigenvalue weighted by atomic mass is 10.1. The maximum absolute atomic E-state index is 2.46. The van der Waals surface area contributed by atoms with Crippen LogP contribution in [-0.4, -0.2) is 12.4 Å². The van der Waals surface area contributed by atoms with Gasteiger partial charge in [0.15, 0.2) is 0 Å². The smallest absolute Gasteiger partial charge is 0.0794 e. The van der Waals surface area contributed by atoms with Crippen LogP contribution in [0.1, 0.15) is 58.3 Å². The van der Waals surface area contributed by atoms with Crippen molar-refractivity contribution in [3.8, 4) is 0 Å². The number of anilines is 1. The number of fused-ring (bicyclic) bond motifs is 1. The molecule has 0 saturated carbocycles. The van der Waals surface area contributed by atoms with Gasteiger partial charge in [0, 0.05) is 11.9 Å². The Balaban J connectivity index is 1.63. The van der Waals surface area contributed by atoms with E-state index in [2.05, 4.69) is 43.1 Å². The minimum Gasteiger partial charge on any atom is -0.361 e. The van der Waals surface area contributed by atoms with Crippen LogP contribution in [0.3, 0.4) is 0 Å². The molecule has 1 atom stereocenters. The van der Waals surface area contributed by atoms with E-state index in [0.717, 1.165) is 0 Å². The lowest BCUT2D eigenvalue weighted by Gasteiger charge is -2.21. The van der Waals surface area contributed by atoms with Crippen molar-refractivity contribution >= 4 is 17.4 Å². The van der Waals surface area contributed by atoms with Crippen molar-refractivity contribution in [2.45, 2.75) is 68.6 Å². The van der Waals surface area contributed by atoms with Crippen LogP contribution in [0.5, 0.6) is 0 Å². The molecule has 1 nitrogen and oxygen atoms in total. The van der Waals surface area contributed by atoms with E-state index < -0.39 is 0 Å². The molecule has 0 bridgehead atoms. The van der Waals surface area contributed by atoms with E-state index in [1.807, 2.05) is 11.8 Å². The molecule has 0 N–H and O–H groups in total. The van der Waals surface area contributed by atoms with Crippen molar-refractivity contribution in [1.82, 2.24) is 0 Å². The van der Waals surface area contributed by atoms with Crippen molar-refractivity contribution in [1.29, 1.82) is 0 Å². The second-order valence-electron chi connectivity index (χ2n) is 5.56. The number of thioether (sulfide) groups is 1. The molecule has 19 heavy (non-hydrogen) atoms. The lowest BCUT2D eigenvalue weighted by molar-refractivity contribution is 0.569. The first-order chi connectivity index (χ1) is 9.33. The fourth-order valence-electron chi connectivity index (χ4n) is 2.76. The second kappa shape index (κ2) is 7.84. The molecule has 1 aromatic rings. The third-order valence-corrected chi connectivity index (χ3v) is 5.42. The molecule has 2 heteroatoms. The van der Waals surface area contributed by atoms with E-state index in [0.29, 0.717) is 5.37 Å². The summed E-state index contributed by atoms with van der Waals surface area (Å²) in [4.78, 5) is 3.91. The highest BCUT2D eigenvalue weighted by molar-refractivity contribution is 8.00. The summed E-state index contributed by atoms with van der Waals surface area (Å²) in [5, 5.41) is 0.660. The summed E-state index contributed by atoms with van der Waals surface area (Å²) in [5.41, 5.74) is 1.42. The zero-order chi connectivity index (χ0) is 13.5. The summed E-state index contributed by atoms with van der Waals surface area (Å²) >= 11 is 2.04. The molecular weight excluding hydrogens is 250 g/mol. The molecule has 0 radical (unpaired) electrons. The third-order valence-electron chi connectivity index (χ3n) is 3.99. The first-order valence-corrected chi connectivity index (χ1v) is 8.69. The number of para-hydroxylation sites is 1. The molecule has 106 valence electrons. The van der Waals surface area contributed by atoms with Crippen LogP contribution in [0, 0.1) is 0 Å². The predicted molar refractivity (Wildman–Crippen MR) is 87.1 cm³/mol. The van der Waals surface area contributed by atoms with Crippen molar-refractivity contribution in [3.05, 3.63) is 24.3 Å². The van der Waals surface area contributed by atoms with Gasteiger partial charge in [-0.05, 0) is 18.6 Å². The summed E-state index contributed by atoms with van der Waals surface area (Å²) in [6.45, 7) is 2.28. The van der Waals surface area contributed by atoms with Crippen LogP contribution in [-0.2, 0) is 0 Å². The van der Waals surface area contributed by atoms with Crippen molar-refractivity contribution in [2.24, 2.45) is 0 Å². The predicted octanol–water partition coefficient (Wildman–Crippen LogP) is 5.70. The van der Waals surface area contributed by atoms with Crippen LogP contribution in [0.2, 0.25) is 0 Å². The van der Waals surface area contributed by atoms with E-state index in [4.69, 9.17) is 0 Å². The van der Waals surface area contributed by atoms with Crippen LogP contribution in [0.15, 0.2) is 29.2 Å². The van der Waals surface area contributed by atoms with E-state index in [1.165, 1.54) is 61.9 Å². The molecule has 0 fully saturated rings. The van der Waals surface area contributed by atoms with Gasteiger partial charge >= 0.3 is 0 Å². The van der Waals surface area contributed by atoms with Gasteiger partial charge < -0.3 is 4.90 Å². The van der Waals surface area contributed by atoms with Gasteiger partial charge in [0.25, 0.3) is 0 Å². The molecule has 0 saturated heterocycles. The fraction of sp³-hybridized carbons (Fsp3) is 0.647. The van der Waals surface area contributed by atoms with Gasteiger partial charge in [-0.3, -0.25) is 0 Å². The number of benzene rings is 1. The molecule has 2 rings (SSSR count). The Morgan fingerprint density at radius 1 is 1.00 bits per heavy atom. The lowest BCUT2D eigenvalue weighted by Crippen LogP contribution is -2.24. The Morgan fingerprint density at radius 3 is 2.42 bits per heavy atom. The molecule has 0 aromatic heterocycles. The highest BCUT2D eigenvalue weighted by atomic mass is 32.2. The van der Waals surface area contributed by atoms with Crippen molar-refractivity contribution < 1.29 is 0 Å². The van der Waals surface area contributed by atoms with E-state index in [1.54, 1.807) is 0 Å². The van der Waals surface area contributed by atoms with Crippen LogP contribution >= 0.6 is 11.8 Å². The Labute approximate surface area is 122 Å². The monoisotopic (exact) mass is 277 g/mol. The second-order valence-corrected chi connectivity index (χ2v) is 6.78. The summed E-state index contributed by atoms with van der Waals surface area (Å²) in [5.74, 6) is 0. The third kappa shape index (κ3) is 4.17. The molecule has 1 aromatic carbocycles. The Hall–Kier alpha value is -0.630. The topological polar surface area (TPSA) is 3.24 Å². The van der Waals surface area contributed by atoms with Gasteiger partial charge in [-0.1, -0.05) is 75.8 Å². The Morgan fingerprint density at radius 2 is 1.68 bits per heavy atom. The molecule has 0 amide bonds. The first kappa shape index (κ1) is 14.8. The van der Waals surface area contributed by atoms with Gasteiger partial charge in [-0.2, -0.15) is 0 Å². The quantitative estimate of drug-likeness (QED) is 0.561. The number of hydrogen-bond acceptors (Lipinski definition) is 2. The van der Waals surface area contributed by atoms with Gasteiger partial charge in [-0.25, -0.2) is 0 Å². The highest BCUT2D eigenvalue weighted by Gasteiger charge is 2.25. The molecule has 1 aliphatic heterocycles. The molecular formula is C17H27NS. The molecule has 1 aliphatic rings. The average molecular weight is 277 g/mol. The molecule has 1 unspecified atom stereocenters. The first-order valence-electron chi connectivity index (χ1n) is 7.81. The summed E-state index contributed by atoms with van der Waals surface area (Å²) in [6, 6.07) is 8.79. The van der Waals surface area contributed by atoms with Crippen LogP contribution in [0.25, 0.3) is 0 Å². The van der Waals surface area contributed by atoms with Crippen LogP contribution < -0.4 is 4.90 Å². The summed E-state index contributed by atoms with van der Waals surface area (Å²) < 4.78 is 0. The maximum Gasteiger partial charge on any atom is 0.0794 e. The number of hydrogen-bond donors (Lipinski definition) is 0. The van der Waals surface area contributed by atoms with E-state index in [9.17, 15) is 0 Å². The van der Waals surface area contributed by atoms with Crippen molar-refractivity contribution in [3.63, 3.8) is 0 Å². The largest absolute Gasteiger partial charge is 0.361 e. The minimum absolute atomic E-state index is 0.660. The minimum atomic E-state index is 0.660. The van der Waals surface area contributed by atoms with Crippen LogP contribution in [0.4, 0.5) is 5.69 Å². The molecule has 1 heterocycles. The fourth-order valence-corrected chi connectivity index (χ4v) is 4.10. The number of unbranched alkanes of at least 4 members (excludes halogenated alkanes) is 6. The number of rotatable bonds is 8. The summed E-state index contributed by atoms with van der Waals surface area (Å²) in [7, 11) is 2.24. The number of nitrogens with zero attached hydrogens (tertiary/aromatic N) is 1. The van der Waals surface area contributed by atoms with Gasteiger partial charge in [-0.15, -0.1) is 0 Å². The highest BCUT2D eigenvalue weighted by Crippen LogP contribution is 2.43. The molecule has 0 aliphatic carbocycles. The van der Waals surface area contributed by atoms with E-state index in [-0.39, 0.29) is 0 Å². The SMILES string of the molecule is CCCCCCCCCC1Sc2ccccc2N1C. The van der Waals surface area contributed by atoms with Gasteiger partial charge in [0.2, 0.25) is 0 Å². The Bertz CT molecular complexity index is 377. The average Bonchev–Trinajstić information content (AvgIpc) is 2.75.